The van der Waals surface area contributed by atoms with Crippen LogP contribution in [0.3, 0.4) is 0 Å². The predicted molar refractivity (Wildman–Crippen MR) is 99.7 cm³/mol. The molecule has 0 spiro atoms. The van der Waals surface area contributed by atoms with Crippen LogP contribution >= 0.6 is 0 Å². The van der Waals surface area contributed by atoms with Gasteiger partial charge in [-0.15, -0.1) is 5.10 Å². The lowest BCUT2D eigenvalue weighted by atomic mass is 10.2. The topological polar surface area (TPSA) is 109 Å². The lowest BCUT2D eigenvalue weighted by Gasteiger charge is -2.11. The monoisotopic (exact) mass is 365 g/mol. The molecule has 27 heavy (non-hydrogen) atoms. The van der Waals surface area contributed by atoms with Gasteiger partial charge in [-0.25, -0.2) is 4.68 Å². The SMILES string of the molecule is CC(NC(=O)c1ccc(NCc2cnnn2-c2ccccc2)cc1)C(=O)O. The Labute approximate surface area is 155 Å². The Morgan fingerprint density at radius 3 is 2.48 bits per heavy atom. The molecule has 2 aromatic carbocycles. The standard InChI is InChI=1S/C19H19N5O3/c1-13(19(26)27)22-18(25)14-7-9-15(10-8-14)20-11-17-12-21-23-24(17)16-5-3-2-4-6-16/h2-10,12-13,20H,11H2,1H3,(H,22,25)(H,26,27). The maximum atomic E-state index is 12.0. The normalized spacial score (nSPS) is 11.6. The van der Waals surface area contributed by atoms with E-state index in [2.05, 4.69) is 20.9 Å². The van der Waals surface area contributed by atoms with Crippen molar-refractivity contribution in [1.29, 1.82) is 0 Å². The van der Waals surface area contributed by atoms with E-state index in [1.807, 2.05) is 30.3 Å². The van der Waals surface area contributed by atoms with Crippen molar-refractivity contribution in [3.63, 3.8) is 0 Å². The Morgan fingerprint density at radius 1 is 1.11 bits per heavy atom. The van der Waals surface area contributed by atoms with Gasteiger partial charge in [-0.3, -0.25) is 9.59 Å². The van der Waals surface area contributed by atoms with Gasteiger partial charge >= 0.3 is 5.97 Å². The van der Waals surface area contributed by atoms with E-state index in [0.717, 1.165) is 17.1 Å². The molecule has 1 atom stereocenters. The van der Waals surface area contributed by atoms with Crippen LogP contribution in [0.25, 0.3) is 5.69 Å². The summed E-state index contributed by atoms with van der Waals surface area (Å²) in [5.74, 6) is -1.51. The zero-order chi connectivity index (χ0) is 19.2. The number of carboxylic acid groups (broad SMARTS) is 1. The Balaban J connectivity index is 1.62. The number of aliphatic carboxylic acids is 1. The second-order valence-corrected chi connectivity index (χ2v) is 5.94. The Bertz CT molecular complexity index is 922. The summed E-state index contributed by atoms with van der Waals surface area (Å²) in [4.78, 5) is 22.8. The van der Waals surface area contributed by atoms with Crippen LogP contribution in [0.15, 0.2) is 60.8 Å². The average Bonchev–Trinajstić information content (AvgIpc) is 3.16. The van der Waals surface area contributed by atoms with E-state index >= 15 is 0 Å². The minimum atomic E-state index is -1.08. The van der Waals surface area contributed by atoms with Gasteiger partial charge in [-0.05, 0) is 43.3 Å². The number of benzene rings is 2. The molecule has 3 N–H and O–H groups in total. The third-order valence-electron chi connectivity index (χ3n) is 3.96. The number of rotatable bonds is 7. The fraction of sp³-hybridized carbons (Fsp3) is 0.158. The molecule has 0 aliphatic heterocycles. The number of anilines is 1. The number of amides is 1. The van der Waals surface area contributed by atoms with Crippen LogP contribution in [0, 0.1) is 0 Å². The predicted octanol–water partition coefficient (Wildman–Crippen LogP) is 2.08. The number of hydrogen-bond acceptors (Lipinski definition) is 5. The molecule has 0 fully saturated rings. The number of hydrogen-bond donors (Lipinski definition) is 3. The molecule has 0 aliphatic carbocycles. The van der Waals surface area contributed by atoms with Gasteiger partial charge in [0.05, 0.1) is 24.1 Å². The molecule has 3 rings (SSSR count). The van der Waals surface area contributed by atoms with Crippen molar-refractivity contribution in [1.82, 2.24) is 20.3 Å². The summed E-state index contributed by atoms with van der Waals surface area (Å²) in [7, 11) is 0. The van der Waals surface area contributed by atoms with E-state index in [4.69, 9.17) is 5.11 Å². The second kappa shape index (κ2) is 8.13. The van der Waals surface area contributed by atoms with Crippen molar-refractivity contribution in [3.8, 4) is 5.69 Å². The molecule has 0 radical (unpaired) electrons. The van der Waals surface area contributed by atoms with Crippen LogP contribution in [0.4, 0.5) is 5.69 Å². The Morgan fingerprint density at radius 2 is 1.81 bits per heavy atom. The zero-order valence-electron chi connectivity index (χ0n) is 14.7. The lowest BCUT2D eigenvalue weighted by Crippen LogP contribution is -2.38. The van der Waals surface area contributed by atoms with Gasteiger partial charge in [0.15, 0.2) is 0 Å². The molecule has 8 nitrogen and oxygen atoms in total. The van der Waals surface area contributed by atoms with Crippen LogP contribution in [0.5, 0.6) is 0 Å². The van der Waals surface area contributed by atoms with Gasteiger partial charge in [0.1, 0.15) is 6.04 Å². The van der Waals surface area contributed by atoms with E-state index in [1.165, 1.54) is 6.92 Å². The van der Waals surface area contributed by atoms with Crippen molar-refractivity contribution >= 4 is 17.6 Å². The molecule has 8 heteroatoms. The van der Waals surface area contributed by atoms with Crippen LogP contribution < -0.4 is 10.6 Å². The summed E-state index contributed by atoms with van der Waals surface area (Å²) in [6.07, 6.45) is 1.69. The highest BCUT2D eigenvalue weighted by atomic mass is 16.4. The van der Waals surface area contributed by atoms with E-state index < -0.39 is 17.9 Å². The number of carbonyl (C=O) groups is 2. The molecule has 0 bridgehead atoms. The van der Waals surface area contributed by atoms with Crippen LogP contribution in [-0.2, 0) is 11.3 Å². The minimum absolute atomic E-state index is 0.393. The highest BCUT2D eigenvalue weighted by Crippen LogP contribution is 2.13. The molecule has 1 unspecified atom stereocenters. The quantitative estimate of drug-likeness (QED) is 0.591. The highest BCUT2D eigenvalue weighted by molar-refractivity contribution is 5.96. The van der Waals surface area contributed by atoms with Crippen molar-refractivity contribution in [2.75, 3.05) is 5.32 Å². The van der Waals surface area contributed by atoms with Crippen molar-refractivity contribution < 1.29 is 14.7 Å². The maximum Gasteiger partial charge on any atom is 0.325 e. The zero-order valence-corrected chi connectivity index (χ0v) is 14.7. The number of nitrogens with zero attached hydrogens (tertiary/aromatic N) is 3. The largest absolute Gasteiger partial charge is 0.480 e. The van der Waals surface area contributed by atoms with E-state index in [-0.39, 0.29) is 0 Å². The van der Waals surface area contributed by atoms with E-state index in [1.54, 1.807) is 35.1 Å². The fourth-order valence-electron chi connectivity index (χ4n) is 2.44. The summed E-state index contributed by atoms with van der Waals surface area (Å²) in [5.41, 5.74) is 3.02. The third kappa shape index (κ3) is 4.49. The maximum absolute atomic E-state index is 12.0. The van der Waals surface area contributed by atoms with Gasteiger partial charge in [0.2, 0.25) is 0 Å². The molecule has 0 aliphatic rings. The molecule has 138 valence electrons. The van der Waals surface area contributed by atoms with Gasteiger partial charge < -0.3 is 15.7 Å². The van der Waals surface area contributed by atoms with Crippen molar-refractivity contribution in [3.05, 3.63) is 72.1 Å². The van der Waals surface area contributed by atoms with E-state index in [0.29, 0.717) is 12.1 Å². The molecule has 1 amide bonds. The van der Waals surface area contributed by atoms with Crippen LogP contribution in [0.2, 0.25) is 0 Å². The average molecular weight is 365 g/mol. The van der Waals surface area contributed by atoms with Gasteiger partial charge in [-0.2, -0.15) is 0 Å². The number of nitrogens with one attached hydrogen (secondary N) is 2. The molecular weight excluding hydrogens is 346 g/mol. The van der Waals surface area contributed by atoms with Crippen LogP contribution in [-0.4, -0.2) is 38.0 Å². The summed E-state index contributed by atoms with van der Waals surface area (Å²) in [6, 6.07) is 15.6. The highest BCUT2D eigenvalue weighted by Gasteiger charge is 2.15. The van der Waals surface area contributed by atoms with Crippen LogP contribution in [0.1, 0.15) is 23.0 Å². The van der Waals surface area contributed by atoms with Gasteiger partial charge in [-0.1, -0.05) is 23.4 Å². The second-order valence-electron chi connectivity index (χ2n) is 5.94. The smallest absolute Gasteiger partial charge is 0.325 e. The number of carbonyl (C=O) groups excluding carboxylic acids is 1. The minimum Gasteiger partial charge on any atom is -0.480 e. The van der Waals surface area contributed by atoms with Crippen molar-refractivity contribution in [2.45, 2.75) is 19.5 Å². The number of para-hydroxylation sites is 1. The molecule has 3 aromatic rings. The molecule has 1 aromatic heterocycles. The number of aromatic nitrogens is 3. The van der Waals surface area contributed by atoms with Gasteiger partial charge in [0, 0.05) is 11.3 Å². The Hall–Kier alpha value is -3.68. The summed E-state index contributed by atoms with van der Waals surface area (Å²) >= 11 is 0. The molecule has 1 heterocycles. The first-order chi connectivity index (χ1) is 13.0. The first kappa shape index (κ1) is 18.1. The molecular formula is C19H19N5O3. The summed E-state index contributed by atoms with van der Waals surface area (Å²) < 4.78 is 1.75. The lowest BCUT2D eigenvalue weighted by molar-refractivity contribution is -0.138. The first-order valence-corrected chi connectivity index (χ1v) is 8.37. The van der Waals surface area contributed by atoms with Crippen molar-refractivity contribution in [2.24, 2.45) is 0 Å². The molecule has 0 saturated carbocycles. The summed E-state index contributed by atoms with van der Waals surface area (Å²) in [5, 5.41) is 22.6. The fourth-order valence-corrected chi connectivity index (χ4v) is 2.44. The number of carboxylic acids is 1. The third-order valence-corrected chi connectivity index (χ3v) is 3.96. The van der Waals surface area contributed by atoms with E-state index in [9.17, 15) is 9.59 Å². The van der Waals surface area contributed by atoms with Gasteiger partial charge in [0.25, 0.3) is 5.91 Å². The summed E-state index contributed by atoms with van der Waals surface area (Å²) in [6.45, 7) is 1.92. The first-order valence-electron chi connectivity index (χ1n) is 8.37. The molecule has 0 saturated heterocycles. The Kier molecular flexibility index (Phi) is 5.46.